The van der Waals surface area contributed by atoms with Crippen molar-refractivity contribution in [3.63, 3.8) is 0 Å². The van der Waals surface area contributed by atoms with Crippen molar-refractivity contribution in [2.24, 2.45) is 0 Å². The number of unbranched alkanes of at least 4 members (excludes halogenated alkanes) is 9. The summed E-state index contributed by atoms with van der Waals surface area (Å²) in [5.74, 6) is -3.20. The second-order valence-corrected chi connectivity index (χ2v) is 6.98. The Hall–Kier alpha value is 1.42. The van der Waals surface area contributed by atoms with E-state index in [1.165, 1.54) is 32.1 Å². The van der Waals surface area contributed by atoms with Crippen LogP contribution in [0.25, 0.3) is 0 Å². The molecule has 0 radical (unpaired) electrons. The molecule has 0 spiro atoms. The van der Waals surface area contributed by atoms with Gasteiger partial charge < -0.3 is 25.1 Å². The molecule has 1 amide bonds. The van der Waals surface area contributed by atoms with Gasteiger partial charge in [0.15, 0.2) is 0 Å². The molecular weight excluding hydrogens is 424 g/mol. The maximum absolute atomic E-state index is 11.7. The molecule has 0 aliphatic heterocycles. The molecule has 8 heteroatoms. The Morgan fingerprint density at radius 1 is 0.793 bits per heavy atom. The van der Waals surface area contributed by atoms with Crippen molar-refractivity contribution >= 4 is 17.8 Å². The summed E-state index contributed by atoms with van der Waals surface area (Å²) in [5.41, 5.74) is 0. The Morgan fingerprint density at radius 2 is 1.31 bits per heavy atom. The average Bonchev–Trinajstić information content (AvgIpc) is 2.62. The number of carboxylic acids is 2. The van der Waals surface area contributed by atoms with Crippen LogP contribution >= 0.6 is 0 Å². The van der Waals surface area contributed by atoms with Crippen molar-refractivity contribution in [2.75, 3.05) is 0 Å². The Bertz CT molecular complexity index is 458. The van der Waals surface area contributed by atoms with Gasteiger partial charge in [0, 0.05) is 12.4 Å². The second kappa shape index (κ2) is 25.7. The molecule has 0 aliphatic carbocycles. The number of carboxylic acid groups (broad SMARTS) is 2. The first-order valence-corrected chi connectivity index (χ1v) is 10.3. The quantitative estimate of drug-likeness (QED) is 0.128. The number of amides is 1. The maximum Gasteiger partial charge on any atom is 1.00 e. The monoisotopic (exact) mass is 459 g/mol. The van der Waals surface area contributed by atoms with E-state index in [1.54, 1.807) is 0 Å². The van der Waals surface area contributed by atoms with Crippen LogP contribution in [0.2, 0.25) is 0 Å². The van der Waals surface area contributed by atoms with Crippen molar-refractivity contribution < 1.29 is 127 Å². The molecule has 0 aliphatic rings. The summed E-state index contributed by atoms with van der Waals surface area (Å²) in [6.45, 7) is 2.22. The molecule has 0 rings (SSSR count). The first kappa shape index (κ1) is 35.0. The van der Waals surface area contributed by atoms with Gasteiger partial charge in [0.2, 0.25) is 5.91 Å². The SMILES string of the molecule is CCCCCC/C=C\CCCCCCCC(=O)N[C@@H](CCC(=O)[O-])C(=O)[O-].[K+].[K+]. The molecule has 0 bridgehead atoms. The number of rotatable bonds is 18. The molecule has 1 atom stereocenters. The minimum absolute atomic E-state index is 0. The van der Waals surface area contributed by atoms with E-state index in [0.29, 0.717) is 6.42 Å². The second-order valence-electron chi connectivity index (χ2n) is 6.98. The molecular formula is C21H35K2NO5. The van der Waals surface area contributed by atoms with Crippen LogP contribution < -0.4 is 118 Å². The first-order chi connectivity index (χ1) is 13.0. The fourth-order valence-corrected chi connectivity index (χ4v) is 2.78. The van der Waals surface area contributed by atoms with Crippen molar-refractivity contribution in [1.82, 2.24) is 5.32 Å². The van der Waals surface area contributed by atoms with Crippen LogP contribution in [0.5, 0.6) is 0 Å². The topological polar surface area (TPSA) is 109 Å². The molecule has 0 aromatic heterocycles. The van der Waals surface area contributed by atoms with Gasteiger partial charge in [0.05, 0.1) is 12.0 Å². The van der Waals surface area contributed by atoms with Gasteiger partial charge in [-0.1, -0.05) is 57.6 Å². The van der Waals surface area contributed by atoms with Crippen LogP contribution in [0, 0.1) is 0 Å². The molecule has 29 heavy (non-hydrogen) atoms. The van der Waals surface area contributed by atoms with E-state index < -0.39 is 24.4 Å². The van der Waals surface area contributed by atoms with E-state index in [4.69, 9.17) is 0 Å². The molecule has 0 saturated carbocycles. The third kappa shape index (κ3) is 25.6. The Balaban J connectivity index is -0.00000338. The maximum atomic E-state index is 11.7. The van der Waals surface area contributed by atoms with E-state index in [-0.39, 0.29) is 122 Å². The molecule has 0 fully saturated rings. The fraction of sp³-hybridized carbons (Fsp3) is 0.762. The van der Waals surface area contributed by atoms with Crippen LogP contribution in [0.3, 0.4) is 0 Å². The van der Waals surface area contributed by atoms with Crippen molar-refractivity contribution in [3.8, 4) is 0 Å². The molecule has 0 saturated heterocycles. The Morgan fingerprint density at radius 3 is 1.83 bits per heavy atom. The molecule has 0 aromatic rings. The average molecular weight is 460 g/mol. The minimum Gasteiger partial charge on any atom is -0.550 e. The van der Waals surface area contributed by atoms with Crippen molar-refractivity contribution in [2.45, 2.75) is 103 Å². The summed E-state index contributed by atoms with van der Waals surface area (Å²) in [6, 6.07) is -1.27. The van der Waals surface area contributed by atoms with Gasteiger partial charge in [-0.25, -0.2) is 0 Å². The third-order valence-corrected chi connectivity index (χ3v) is 4.42. The van der Waals surface area contributed by atoms with Gasteiger partial charge in [-0.2, -0.15) is 0 Å². The van der Waals surface area contributed by atoms with Gasteiger partial charge >= 0.3 is 103 Å². The van der Waals surface area contributed by atoms with E-state index in [0.717, 1.165) is 32.1 Å². The van der Waals surface area contributed by atoms with Crippen LogP contribution in [-0.4, -0.2) is 23.9 Å². The number of hydrogen-bond donors (Lipinski definition) is 1. The zero-order valence-corrected chi connectivity index (χ0v) is 24.9. The smallest absolute Gasteiger partial charge is 0.550 e. The molecule has 0 heterocycles. The summed E-state index contributed by atoms with van der Waals surface area (Å²) in [7, 11) is 0. The minimum atomic E-state index is -1.47. The van der Waals surface area contributed by atoms with Crippen LogP contribution in [0.1, 0.15) is 96.8 Å². The summed E-state index contributed by atoms with van der Waals surface area (Å²) < 4.78 is 0. The predicted molar refractivity (Wildman–Crippen MR) is 101 cm³/mol. The number of carbonyl (C=O) groups is 3. The van der Waals surface area contributed by atoms with Crippen molar-refractivity contribution in [3.05, 3.63) is 12.2 Å². The molecule has 1 N–H and O–H groups in total. The predicted octanol–water partition coefficient (Wildman–Crippen LogP) is -3.98. The zero-order valence-electron chi connectivity index (χ0n) is 18.7. The third-order valence-electron chi connectivity index (χ3n) is 4.42. The summed E-state index contributed by atoms with van der Waals surface area (Å²) in [4.78, 5) is 33.0. The van der Waals surface area contributed by atoms with Gasteiger partial charge in [-0.15, -0.1) is 0 Å². The largest absolute Gasteiger partial charge is 1.00 e. The van der Waals surface area contributed by atoms with Crippen LogP contribution in [-0.2, 0) is 14.4 Å². The number of aliphatic carboxylic acids is 2. The summed E-state index contributed by atoms with van der Waals surface area (Å²) >= 11 is 0. The summed E-state index contributed by atoms with van der Waals surface area (Å²) in [5, 5.41) is 23.6. The van der Waals surface area contributed by atoms with E-state index in [1.807, 2.05) is 0 Å². The number of allylic oxidation sites excluding steroid dienone is 2. The molecule has 6 nitrogen and oxygen atoms in total. The molecule has 156 valence electrons. The van der Waals surface area contributed by atoms with Gasteiger partial charge in [0.25, 0.3) is 0 Å². The zero-order chi connectivity index (χ0) is 20.3. The number of nitrogens with one attached hydrogen (secondary N) is 1. The van der Waals surface area contributed by atoms with Gasteiger partial charge in [-0.3, -0.25) is 4.79 Å². The van der Waals surface area contributed by atoms with Crippen LogP contribution in [0.4, 0.5) is 0 Å². The van der Waals surface area contributed by atoms with Gasteiger partial charge in [0.1, 0.15) is 0 Å². The first-order valence-electron chi connectivity index (χ1n) is 10.3. The number of carbonyl (C=O) groups excluding carboxylic acids is 3. The fourth-order valence-electron chi connectivity index (χ4n) is 2.78. The van der Waals surface area contributed by atoms with Gasteiger partial charge in [-0.05, 0) is 44.9 Å². The standard InChI is InChI=1S/C21H37NO5.2K/c1-2-3-4-5-6-7-8-9-10-11-12-13-14-15-19(23)22-18(21(26)27)16-17-20(24)25;;/h7-8,18H,2-6,9-17H2,1H3,(H,22,23)(H,24,25)(H,26,27);;/q;2*+1/p-2/b8-7-;;/t18-;;/m0../s1. The van der Waals surface area contributed by atoms with E-state index in [2.05, 4.69) is 24.4 Å². The Kier molecular flexibility index (Phi) is 31.0. The normalized spacial score (nSPS) is 11.3. The number of hydrogen-bond acceptors (Lipinski definition) is 5. The molecule has 0 unspecified atom stereocenters. The Labute approximate surface area is 261 Å². The molecule has 0 aromatic carbocycles. The van der Waals surface area contributed by atoms with E-state index >= 15 is 0 Å². The van der Waals surface area contributed by atoms with E-state index in [9.17, 15) is 24.6 Å². The summed E-state index contributed by atoms with van der Waals surface area (Å²) in [6.07, 6.45) is 16.5. The van der Waals surface area contributed by atoms with Crippen molar-refractivity contribution in [1.29, 1.82) is 0 Å². The van der Waals surface area contributed by atoms with Crippen LogP contribution in [0.15, 0.2) is 12.2 Å².